The number of aryl methyl sites for hydroxylation is 2. The summed E-state index contributed by atoms with van der Waals surface area (Å²) < 4.78 is 1.88. The first-order valence-electron chi connectivity index (χ1n) is 6.41. The highest BCUT2D eigenvalue weighted by Crippen LogP contribution is 2.23. The molecule has 0 amide bonds. The standard InChI is InChI=1S/C14H19N3O2/c1-8(2)5-11-15-9(3)13-10(6-12(18)19)7-17(4)14(13)16-11/h7-8H,5-6H2,1-4H3,(H,18,19). The van der Waals surface area contributed by atoms with Gasteiger partial charge in [-0.2, -0.15) is 0 Å². The number of carboxylic acid groups (broad SMARTS) is 1. The number of carboxylic acids is 1. The Morgan fingerprint density at radius 2 is 2.11 bits per heavy atom. The minimum Gasteiger partial charge on any atom is -0.481 e. The Morgan fingerprint density at radius 3 is 2.68 bits per heavy atom. The number of rotatable bonds is 4. The van der Waals surface area contributed by atoms with E-state index in [-0.39, 0.29) is 6.42 Å². The van der Waals surface area contributed by atoms with Gasteiger partial charge < -0.3 is 9.67 Å². The van der Waals surface area contributed by atoms with Gasteiger partial charge in [0.05, 0.1) is 12.1 Å². The van der Waals surface area contributed by atoms with Gasteiger partial charge in [0.15, 0.2) is 0 Å². The fourth-order valence-electron chi connectivity index (χ4n) is 2.36. The van der Waals surface area contributed by atoms with Crippen molar-refractivity contribution < 1.29 is 9.90 Å². The summed E-state index contributed by atoms with van der Waals surface area (Å²) in [5.74, 6) is 0.483. The lowest BCUT2D eigenvalue weighted by Gasteiger charge is -2.06. The first kappa shape index (κ1) is 13.5. The molecule has 2 aromatic rings. The van der Waals surface area contributed by atoms with Gasteiger partial charge in [-0.05, 0) is 18.4 Å². The first-order chi connectivity index (χ1) is 8.88. The lowest BCUT2D eigenvalue weighted by atomic mass is 10.1. The Balaban J connectivity index is 2.57. The molecule has 0 saturated carbocycles. The topological polar surface area (TPSA) is 68.0 Å². The van der Waals surface area contributed by atoms with Crippen LogP contribution < -0.4 is 0 Å². The number of fused-ring (bicyclic) bond motifs is 1. The van der Waals surface area contributed by atoms with E-state index < -0.39 is 5.97 Å². The van der Waals surface area contributed by atoms with Crippen LogP contribution in [-0.4, -0.2) is 25.6 Å². The van der Waals surface area contributed by atoms with E-state index in [1.165, 1.54) is 0 Å². The van der Waals surface area contributed by atoms with Crippen LogP contribution in [0.5, 0.6) is 0 Å². The molecule has 0 fully saturated rings. The van der Waals surface area contributed by atoms with Crippen molar-refractivity contribution in [3.63, 3.8) is 0 Å². The number of carbonyl (C=O) groups is 1. The Morgan fingerprint density at radius 1 is 1.42 bits per heavy atom. The van der Waals surface area contributed by atoms with E-state index in [9.17, 15) is 4.79 Å². The summed E-state index contributed by atoms with van der Waals surface area (Å²) in [4.78, 5) is 20.0. The molecule has 0 unspecified atom stereocenters. The Kier molecular flexibility index (Phi) is 3.55. The summed E-state index contributed by atoms with van der Waals surface area (Å²) in [6.07, 6.45) is 2.67. The van der Waals surface area contributed by atoms with Crippen LogP contribution >= 0.6 is 0 Å². The van der Waals surface area contributed by atoms with Crippen LogP contribution in [0.25, 0.3) is 11.0 Å². The highest BCUT2D eigenvalue weighted by molar-refractivity contribution is 5.86. The van der Waals surface area contributed by atoms with Crippen molar-refractivity contribution in [3.05, 3.63) is 23.3 Å². The molecule has 0 aliphatic heterocycles. The highest BCUT2D eigenvalue weighted by Gasteiger charge is 2.15. The minimum absolute atomic E-state index is 0.00503. The van der Waals surface area contributed by atoms with Crippen LogP contribution in [0.15, 0.2) is 6.20 Å². The predicted octanol–water partition coefficient (Wildman–Crippen LogP) is 2.10. The molecule has 0 bridgehead atoms. The summed E-state index contributed by atoms with van der Waals surface area (Å²) in [5, 5.41) is 9.82. The van der Waals surface area contributed by atoms with E-state index in [2.05, 4.69) is 23.8 Å². The predicted molar refractivity (Wildman–Crippen MR) is 73.1 cm³/mol. The summed E-state index contributed by atoms with van der Waals surface area (Å²) in [6, 6.07) is 0. The zero-order valence-corrected chi connectivity index (χ0v) is 11.8. The van der Waals surface area contributed by atoms with Gasteiger partial charge in [-0.1, -0.05) is 13.8 Å². The highest BCUT2D eigenvalue weighted by atomic mass is 16.4. The molecule has 5 heteroatoms. The van der Waals surface area contributed by atoms with Gasteiger partial charge in [-0.3, -0.25) is 4.79 Å². The van der Waals surface area contributed by atoms with Gasteiger partial charge in [0, 0.05) is 25.1 Å². The van der Waals surface area contributed by atoms with Crippen molar-refractivity contribution in [2.45, 2.75) is 33.6 Å². The van der Waals surface area contributed by atoms with Gasteiger partial charge in [-0.25, -0.2) is 9.97 Å². The molecular formula is C14H19N3O2. The minimum atomic E-state index is -0.835. The monoisotopic (exact) mass is 261 g/mol. The fraction of sp³-hybridized carbons (Fsp3) is 0.500. The molecule has 2 aromatic heterocycles. The molecule has 0 aromatic carbocycles. The first-order valence-corrected chi connectivity index (χ1v) is 6.41. The molecule has 0 saturated heterocycles. The molecule has 2 rings (SSSR count). The van der Waals surface area contributed by atoms with Crippen molar-refractivity contribution in [2.75, 3.05) is 0 Å². The van der Waals surface area contributed by atoms with E-state index in [4.69, 9.17) is 5.11 Å². The zero-order chi connectivity index (χ0) is 14.2. The second-order valence-corrected chi connectivity index (χ2v) is 5.36. The Hall–Kier alpha value is -1.91. The van der Waals surface area contributed by atoms with E-state index in [1.54, 1.807) is 0 Å². The normalized spacial score (nSPS) is 11.4. The molecule has 0 spiro atoms. The second kappa shape index (κ2) is 4.99. The third kappa shape index (κ3) is 2.75. The molecule has 1 N–H and O–H groups in total. The van der Waals surface area contributed by atoms with Gasteiger partial charge in [0.1, 0.15) is 11.5 Å². The van der Waals surface area contributed by atoms with Gasteiger partial charge in [0.25, 0.3) is 0 Å². The van der Waals surface area contributed by atoms with Crippen molar-refractivity contribution in [3.8, 4) is 0 Å². The van der Waals surface area contributed by atoms with E-state index >= 15 is 0 Å². The van der Waals surface area contributed by atoms with Crippen LogP contribution in [0.1, 0.15) is 30.9 Å². The Labute approximate surface area is 112 Å². The molecule has 0 aliphatic rings. The quantitative estimate of drug-likeness (QED) is 0.915. The molecule has 102 valence electrons. The van der Waals surface area contributed by atoms with E-state index in [0.717, 1.165) is 34.5 Å². The number of aliphatic carboxylic acids is 1. The lowest BCUT2D eigenvalue weighted by molar-refractivity contribution is -0.136. The van der Waals surface area contributed by atoms with Crippen molar-refractivity contribution in [1.29, 1.82) is 0 Å². The summed E-state index contributed by atoms with van der Waals surface area (Å²) in [7, 11) is 1.89. The molecule has 0 radical (unpaired) electrons. The molecule has 5 nitrogen and oxygen atoms in total. The number of hydrogen-bond donors (Lipinski definition) is 1. The third-order valence-corrected chi connectivity index (χ3v) is 3.05. The second-order valence-electron chi connectivity index (χ2n) is 5.36. The maximum absolute atomic E-state index is 10.9. The Bertz CT molecular complexity index is 629. The average molecular weight is 261 g/mol. The fourth-order valence-corrected chi connectivity index (χ4v) is 2.36. The van der Waals surface area contributed by atoms with Gasteiger partial charge in [0.2, 0.25) is 0 Å². The van der Waals surface area contributed by atoms with Gasteiger partial charge >= 0.3 is 5.97 Å². The smallest absolute Gasteiger partial charge is 0.307 e. The van der Waals surface area contributed by atoms with Crippen LogP contribution in [0.4, 0.5) is 0 Å². The summed E-state index contributed by atoms with van der Waals surface area (Å²) >= 11 is 0. The lowest BCUT2D eigenvalue weighted by Crippen LogP contribution is -2.04. The summed E-state index contributed by atoms with van der Waals surface area (Å²) in [5.41, 5.74) is 2.45. The third-order valence-electron chi connectivity index (χ3n) is 3.05. The van der Waals surface area contributed by atoms with Gasteiger partial charge in [-0.15, -0.1) is 0 Å². The average Bonchev–Trinajstić information content (AvgIpc) is 2.54. The SMILES string of the molecule is Cc1nc(CC(C)C)nc2c1c(CC(=O)O)cn2C. The van der Waals surface area contributed by atoms with Crippen molar-refractivity contribution in [1.82, 2.24) is 14.5 Å². The maximum Gasteiger partial charge on any atom is 0.307 e. The van der Waals surface area contributed by atoms with E-state index in [1.807, 2.05) is 24.7 Å². The van der Waals surface area contributed by atoms with Crippen LogP contribution in [-0.2, 0) is 24.7 Å². The molecule has 2 heterocycles. The van der Waals surface area contributed by atoms with E-state index in [0.29, 0.717) is 5.92 Å². The van der Waals surface area contributed by atoms with Crippen molar-refractivity contribution >= 4 is 17.0 Å². The zero-order valence-electron chi connectivity index (χ0n) is 11.8. The van der Waals surface area contributed by atoms with Crippen LogP contribution in [0.2, 0.25) is 0 Å². The maximum atomic E-state index is 10.9. The number of nitrogens with zero attached hydrogens (tertiary/aromatic N) is 3. The summed E-state index contributed by atoms with van der Waals surface area (Å²) in [6.45, 7) is 6.17. The number of aromatic nitrogens is 3. The number of hydrogen-bond acceptors (Lipinski definition) is 3. The molecule has 0 aliphatic carbocycles. The van der Waals surface area contributed by atoms with Crippen molar-refractivity contribution in [2.24, 2.45) is 13.0 Å². The van der Waals surface area contributed by atoms with Crippen LogP contribution in [0.3, 0.4) is 0 Å². The molecule has 19 heavy (non-hydrogen) atoms. The van der Waals surface area contributed by atoms with Crippen LogP contribution in [0, 0.1) is 12.8 Å². The largest absolute Gasteiger partial charge is 0.481 e. The molecular weight excluding hydrogens is 242 g/mol. The molecule has 0 atom stereocenters.